The lowest BCUT2D eigenvalue weighted by atomic mass is 9.96. The second-order valence-corrected chi connectivity index (χ2v) is 7.51. The molecule has 0 radical (unpaired) electrons. The Hall–Kier alpha value is -3.19. The summed E-state index contributed by atoms with van der Waals surface area (Å²) in [5.74, 6) is -0.0430. The molecular weight excluding hydrogens is 366 g/mol. The van der Waals surface area contributed by atoms with Crippen LogP contribution in [0.3, 0.4) is 0 Å². The van der Waals surface area contributed by atoms with Gasteiger partial charge in [0.2, 0.25) is 11.8 Å². The highest BCUT2D eigenvalue weighted by Gasteiger charge is 2.31. The molecule has 7 heteroatoms. The van der Waals surface area contributed by atoms with Gasteiger partial charge in [0.15, 0.2) is 0 Å². The van der Waals surface area contributed by atoms with Crippen LogP contribution in [0, 0.1) is 0 Å². The van der Waals surface area contributed by atoms with Gasteiger partial charge in [0, 0.05) is 30.9 Å². The number of amides is 2. The summed E-state index contributed by atoms with van der Waals surface area (Å²) in [6.45, 7) is 2.83. The Balaban J connectivity index is 1.26. The van der Waals surface area contributed by atoms with Crippen LogP contribution in [-0.4, -0.2) is 40.4 Å². The van der Waals surface area contributed by atoms with E-state index in [0.29, 0.717) is 12.5 Å². The number of benzene rings is 1. The van der Waals surface area contributed by atoms with E-state index < -0.39 is 6.04 Å². The van der Waals surface area contributed by atoms with E-state index in [0.717, 1.165) is 29.6 Å². The summed E-state index contributed by atoms with van der Waals surface area (Å²) >= 11 is 0. The van der Waals surface area contributed by atoms with Crippen molar-refractivity contribution in [2.45, 2.75) is 37.9 Å². The van der Waals surface area contributed by atoms with Crippen LogP contribution in [0.5, 0.6) is 0 Å². The van der Waals surface area contributed by atoms with Crippen LogP contribution in [0.2, 0.25) is 0 Å². The predicted octanol–water partition coefficient (Wildman–Crippen LogP) is 1.83. The van der Waals surface area contributed by atoms with Crippen LogP contribution in [0.4, 0.5) is 0 Å². The Bertz CT molecular complexity index is 1000. The summed E-state index contributed by atoms with van der Waals surface area (Å²) in [4.78, 5) is 32.3. The fraction of sp³-hybridized carbons (Fsp3) is 0.318. The molecule has 7 nitrogen and oxygen atoms in total. The molecular formula is C22H25N5O2. The highest BCUT2D eigenvalue weighted by molar-refractivity contribution is 5.89. The number of aromatic nitrogens is 2. The highest BCUT2D eigenvalue weighted by Crippen LogP contribution is 2.25. The molecule has 1 aliphatic heterocycles. The molecule has 4 rings (SSSR count). The van der Waals surface area contributed by atoms with E-state index >= 15 is 0 Å². The van der Waals surface area contributed by atoms with Crippen molar-refractivity contribution in [2.75, 3.05) is 6.54 Å². The average molecular weight is 391 g/mol. The number of carbonyl (C=O) groups excluding carboxylic acids is 2. The minimum atomic E-state index is -0.607. The van der Waals surface area contributed by atoms with E-state index in [1.54, 1.807) is 13.1 Å². The lowest BCUT2D eigenvalue weighted by Gasteiger charge is -2.17. The van der Waals surface area contributed by atoms with Gasteiger partial charge in [0.1, 0.15) is 11.7 Å². The fourth-order valence-corrected chi connectivity index (χ4v) is 3.72. The van der Waals surface area contributed by atoms with Crippen molar-refractivity contribution in [1.82, 2.24) is 25.9 Å². The lowest BCUT2D eigenvalue weighted by molar-refractivity contribution is -0.129. The van der Waals surface area contributed by atoms with Gasteiger partial charge in [0.05, 0.1) is 6.04 Å². The van der Waals surface area contributed by atoms with E-state index in [4.69, 9.17) is 0 Å². The molecule has 4 N–H and O–H groups in total. The topological polar surface area (TPSA) is 98.9 Å². The largest absolute Gasteiger partial charge is 0.350 e. The minimum absolute atomic E-state index is 0.138. The van der Waals surface area contributed by atoms with E-state index in [1.165, 1.54) is 5.56 Å². The van der Waals surface area contributed by atoms with Gasteiger partial charge in [-0.05, 0) is 42.5 Å². The van der Waals surface area contributed by atoms with Gasteiger partial charge < -0.3 is 20.9 Å². The van der Waals surface area contributed by atoms with Gasteiger partial charge in [-0.3, -0.25) is 9.59 Å². The first-order valence-electron chi connectivity index (χ1n) is 9.88. The summed E-state index contributed by atoms with van der Waals surface area (Å²) < 4.78 is 0. The summed E-state index contributed by atoms with van der Waals surface area (Å²) in [5, 5.41) is 9.95. The van der Waals surface area contributed by atoms with Crippen molar-refractivity contribution in [3.63, 3.8) is 0 Å². The molecule has 0 spiro atoms. The third-order valence-corrected chi connectivity index (χ3v) is 5.39. The molecule has 3 heterocycles. The summed E-state index contributed by atoms with van der Waals surface area (Å²) in [6, 6.07) is 13.2. The highest BCUT2D eigenvalue weighted by atomic mass is 16.2. The van der Waals surface area contributed by atoms with Crippen molar-refractivity contribution in [3.05, 3.63) is 66.0 Å². The molecule has 2 aromatic heterocycles. The van der Waals surface area contributed by atoms with Gasteiger partial charge in [-0.2, -0.15) is 0 Å². The number of H-pyrrole nitrogens is 1. The number of carbonyl (C=O) groups is 2. The smallest absolute Gasteiger partial charge is 0.242 e. The molecule has 3 aromatic rings. The number of rotatable bonds is 6. The number of pyridine rings is 1. The Morgan fingerprint density at radius 2 is 2.07 bits per heavy atom. The molecule has 150 valence electrons. The molecule has 29 heavy (non-hydrogen) atoms. The van der Waals surface area contributed by atoms with Crippen LogP contribution in [0.1, 0.15) is 30.4 Å². The van der Waals surface area contributed by atoms with E-state index in [2.05, 4.69) is 38.1 Å². The minimum Gasteiger partial charge on any atom is -0.350 e. The predicted molar refractivity (Wildman–Crippen MR) is 111 cm³/mol. The van der Waals surface area contributed by atoms with Gasteiger partial charge in [0.25, 0.3) is 0 Å². The standard InChI is InChI=1S/C22H25N5O2/c1-14(21(28)26-12-15-9-17-7-8-23-20(17)25-11-15)27-22(29)19-10-18(13-24-19)16-5-3-2-4-6-16/h2-9,11,14,18-19,24H,10,12-13H2,1H3,(H,23,25)(H,26,28)(H,27,29)/t14-,18-,19+/m0/s1. The maximum atomic E-state index is 12.6. The zero-order valence-electron chi connectivity index (χ0n) is 16.3. The Kier molecular flexibility index (Phi) is 5.57. The van der Waals surface area contributed by atoms with Crippen molar-refractivity contribution in [1.29, 1.82) is 0 Å². The quantitative estimate of drug-likeness (QED) is 0.515. The molecule has 0 unspecified atom stereocenters. The van der Waals surface area contributed by atoms with Gasteiger partial charge in [-0.25, -0.2) is 4.98 Å². The number of hydrogen-bond donors (Lipinski definition) is 4. The lowest BCUT2D eigenvalue weighted by Crippen LogP contribution is -2.49. The van der Waals surface area contributed by atoms with Crippen LogP contribution in [0.15, 0.2) is 54.9 Å². The second kappa shape index (κ2) is 8.45. The van der Waals surface area contributed by atoms with Crippen LogP contribution < -0.4 is 16.0 Å². The van der Waals surface area contributed by atoms with Crippen LogP contribution in [-0.2, 0) is 16.1 Å². The van der Waals surface area contributed by atoms with E-state index in [9.17, 15) is 9.59 Å². The maximum Gasteiger partial charge on any atom is 0.242 e. The van der Waals surface area contributed by atoms with Crippen molar-refractivity contribution >= 4 is 22.8 Å². The first kappa shape index (κ1) is 19.1. The molecule has 1 saturated heterocycles. The molecule has 3 atom stereocenters. The van der Waals surface area contributed by atoms with Gasteiger partial charge in [-0.15, -0.1) is 0 Å². The molecule has 1 aromatic carbocycles. The SMILES string of the molecule is C[C@H](NC(=O)[C@H]1C[C@H](c2ccccc2)CN1)C(=O)NCc1cnc2[nH]ccc2c1. The summed E-state index contributed by atoms with van der Waals surface area (Å²) in [7, 11) is 0. The normalized spacial score (nSPS) is 19.8. The zero-order chi connectivity index (χ0) is 20.2. The first-order chi connectivity index (χ1) is 14.1. The van der Waals surface area contributed by atoms with Crippen molar-refractivity contribution in [2.24, 2.45) is 0 Å². The number of nitrogens with zero attached hydrogens (tertiary/aromatic N) is 1. The molecule has 1 aliphatic rings. The Labute approximate surface area is 169 Å². The molecule has 0 aliphatic carbocycles. The molecule has 0 bridgehead atoms. The number of hydrogen-bond acceptors (Lipinski definition) is 4. The van der Waals surface area contributed by atoms with Gasteiger partial charge >= 0.3 is 0 Å². The molecule has 2 amide bonds. The Morgan fingerprint density at radius 3 is 2.90 bits per heavy atom. The van der Waals surface area contributed by atoms with Crippen molar-refractivity contribution in [3.8, 4) is 0 Å². The summed E-state index contributed by atoms with van der Waals surface area (Å²) in [6.07, 6.45) is 4.29. The fourth-order valence-electron chi connectivity index (χ4n) is 3.72. The van der Waals surface area contributed by atoms with E-state index in [1.807, 2.05) is 36.5 Å². The Morgan fingerprint density at radius 1 is 1.24 bits per heavy atom. The van der Waals surface area contributed by atoms with Crippen LogP contribution >= 0.6 is 0 Å². The second-order valence-electron chi connectivity index (χ2n) is 7.51. The molecule has 1 fully saturated rings. The maximum absolute atomic E-state index is 12.6. The van der Waals surface area contributed by atoms with Crippen molar-refractivity contribution < 1.29 is 9.59 Å². The number of aromatic amines is 1. The zero-order valence-corrected chi connectivity index (χ0v) is 16.3. The van der Waals surface area contributed by atoms with E-state index in [-0.39, 0.29) is 17.9 Å². The number of fused-ring (bicyclic) bond motifs is 1. The third kappa shape index (κ3) is 4.46. The monoisotopic (exact) mass is 391 g/mol. The average Bonchev–Trinajstić information content (AvgIpc) is 3.41. The van der Waals surface area contributed by atoms with Gasteiger partial charge in [-0.1, -0.05) is 30.3 Å². The first-order valence-corrected chi connectivity index (χ1v) is 9.88. The third-order valence-electron chi connectivity index (χ3n) is 5.39. The van der Waals surface area contributed by atoms with Crippen LogP contribution in [0.25, 0.3) is 11.0 Å². The number of nitrogens with one attached hydrogen (secondary N) is 4. The summed E-state index contributed by atoms with van der Waals surface area (Å²) in [5.41, 5.74) is 2.96. The molecule has 0 saturated carbocycles.